The lowest BCUT2D eigenvalue weighted by molar-refractivity contribution is -0.140. The highest BCUT2D eigenvalue weighted by molar-refractivity contribution is 7.15. The molecule has 1 aromatic rings. The van der Waals surface area contributed by atoms with E-state index in [0.29, 0.717) is 9.75 Å². The van der Waals surface area contributed by atoms with Crippen LogP contribution in [-0.2, 0) is 4.79 Å². The summed E-state index contributed by atoms with van der Waals surface area (Å²) in [5.41, 5.74) is 0. The number of ketones is 1. The molecule has 1 N–H and O–H groups in total. The molecule has 0 saturated heterocycles. The van der Waals surface area contributed by atoms with Crippen LogP contribution in [-0.4, -0.2) is 40.3 Å². The number of hydrogen-bond donors (Lipinski definition) is 1. The molecule has 0 spiro atoms. The molecular formula is C12H11NO4S. The SMILES string of the molecule is CC(=O)c1ccc(C(=O)N2CC=C[C@H]2C(=O)O)s1. The van der Waals surface area contributed by atoms with Crippen molar-refractivity contribution in [3.63, 3.8) is 0 Å². The number of carbonyl (C=O) groups is 3. The summed E-state index contributed by atoms with van der Waals surface area (Å²) in [6, 6.07) is 2.22. The Morgan fingerprint density at radius 2 is 2.00 bits per heavy atom. The molecule has 1 aliphatic heterocycles. The van der Waals surface area contributed by atoms with E-state index in [4.69, 9.17) is 5.11 Å². The van der Waals surface area contributed by atoms with Crippen molar-refractivity contribution >= 4 is 29.0 Å². The zero-order valence-corrected chi connectivity index (χ0v) is 10.4. The van der Waals surface area contributed by atoms with Crippen molar-refractivity contribution in [2.24, 2.45) is 0 Å². The average molecular weight is 265 g/mol. The number of Topliss-reactive ketones (excluding diaryl/α,β-unsaturated/α-hetero) is 1. The van der Waals surface area contributed by atoms with Gasteiger partial charge in [-0.15, -0.1) is 11.3 Å². The molecule has 18 heavy (non-hydrogen) atoms. The number of amides is 1. The summed E-state index contributed by atoms with van der Waals surface area (Å²) in [4.78, 5) is 36.4. The topological polar surface area (TPSA) is 74.7 Å². The van der Waals surface area contributed by atoms with Gasteiger partial charge in [0.05, 0.1) is 9.75 Å². The van der Waals surface area contributed by atoms with Crippen molar-refractivity contribution in [3.8, 4) is 0 Å². The summed E-state index contributed by atoms with van der Waals surface area (Å²) in [7, 11) is 0. The van der Waals surface area contributed by atoms with Crippen molar-refractivity contribution < 1.29 is 19.5 Å². The van der Waals surface area contributed by atoms with Gasteiger partial charge in [-0.05, 0) is 19.1 Å². The molecule has 1 amide bonds. The summed E-state index contributed by atoms with van der Waals surface area (Å²) in [6.45, 7) is 1.71. The highest BCUT2D eigenvalue weighted by atomic mass is 32.1. The van der Waals surface area contributed by atoms with Crippen LogP contribution >= 0.6 is 11.3 Å². The molecule has 1 atom stereocenters. The molecule has 0 fully saturated rings. The first-order chi connectivity index (χ1) is 8.50. The van der Waals surface area contributed by atoms with Crippen molar-refractivity contribution in [2.75, 3.05) is 6.54 Å². The maximum Gasteiger partial charge on any atom is 0.330 e. The Morgan fingerprint density at radius 3 is 2.56 bits per heavy atom. The summed E-state index contributed by atoms with van der Waals surface area (Å²) in [5.74, 6) is -1.52. The molecule has 1 aliphatic rings. The quantitative estimate of drug-likeness (QED) is 0.662. The van der Waals surface area contributed by atoms with E-state index in [1.165, 1.54) is 17.9 Å². The van der Waals surface area contributed by atoms with E-state index in [9.17, 15) is 14.4 Å². The van der Waals surface area contributed by atoms with Gasteiger partial charge in [0, 0.05) is 6.54 Å². The highest BCUT2D eigenvalue weighted by Crippen LogP contribution is 2.21. The molecule has 0 unspecified atom stereocenters. The van der Waals surface area contributed by atoms with E-state index in [1.54, 1.807) is 18.2 Å². The minimum atomic E-state index is -1.06. The Labute approximate surface area is 107 Å². The lowest BCUT2D eigenvalue weighted by atomic mass is 10.2. The molecule has 0 radical (unpaired) electrons. The third kappa shape index (κ3) is 2.19. The van der Waals surface area contributed by atoms with E-state index in [0.717, 1.165) is 11.3 Å². The standard InChI is InChI=1S/C12H11NO4S/c1-7(14)9-4-5-10(18-9)11(15)13-6-2-3-8(13)12(16)17/h2-5,8H,6H2,1H3,(H,16,17)/t8-/m0/s1. The van der Waals surface area contributed by atoms with Crippen LogP contribution < -0.4 is 0 Å². The van der Waals surface area contributed by atoms with Crippen LogP contribution in [0.25, 0.3) is 0 Å². The van der Waals surface area contributed by atoms with Gasteiger partial charge in [-0.3, -0.25) is 9.59 Å². The molecule has 0 saturated carbocycles. The Balaban J connectivity index is 2.21. The first kappa shape index (κ1) is 12.5. The number of hydrogen-bond acceptors (Lipinski definition) is 4. The van der Waals surface area contributed by atoms with Crippen LogP contribution in [0.15, 0.2) is 24.3 Å². The van der Waals surface area contributed by atoms with Gasteiger partial charge in [0.2, 0.25) is 0 Å². The van der Waals surface area contributed by atoms with Crippen molar-refractivity contribution in [1.82, 2.24) is 4.90 Å². The third-order valence-corrected chi connectivity index (χ3v) is 3.81. The Bertz CT molecular complexity index is 546. The molecule has 0 aliphatic carbocycles. The van der Waals surface area contributed by atoms with Gasteiger partial charge in [0.25, 0.3) is 5.91 Å². The van der Waals surface area contributed by atoms with Crippen LogP contribution in [0.4, 0.5) is 0 Å². The number of rotatable bonds is 3. The van der Waals surface area contributed by atoms with Crippen LogP contribution in [0.3, 0.4) is 0 Å². The monoisotopic (exact) mass is 265 g/mol. The summed E-state index contributed by atoms with van der Waals surface area (Å²) in [6.07, 6.45) is 3.13. The van der Waals surface area contributed by atoms with Gasteiger partial charge < -0.3 is 10.0 Å². The zero-order chi connectivity index (χ0) is 13.3. The van der Waals surface area contributed by atoms with E-state index < -0.39 is 12.0 Å². The number of carboxylic acid groups (broad SMARTS) is 1. The summed E-state index contributed by atoms with van der Waals surface area (Å²) < 4.78 is 0. The number of thiophene rings is 1. The fourth-order valence-electron chi connectivity index (χ4n) is 1.73. The Hall–Kier alpha value is -1.95. The number of nitrogens with zero attached hydrogens (tertiary/aromatic N) is 1. The van der Waals surface area contributed by atoms with Crippen molar-refractivity contribution in [1.29, 1.82) is 0 Å². The first-order valence-electron chi connectivity index (χ1n) is 5.32. The molecule has 94 valence electrons. The third-order valence-electron chi connectivity index (χ3n) is 2.63. The lowest BCUT2D eigenvalue weighted by Crippen LogP contribution is -2.40. The number of carbonyl (C=O) groups excluding carboxylic acids is 2. The van der Waals surface area contributed by atoms with Crippen LogP contribution in [0.2, 0.25) is 0 Å². The predicted molar refractivity (Wildman–Crippen MR) is 65.9 cm³/mol. The number of aliphatic carboxylic acids is 1. The van der Waals surface area contributed by atoms with Crippen LogP contribution in [0.1, 0.15) is 26.3 Å². The average Bonchev–Trinajstić information content (AvgIpc) is 2.97. The van der Waals surface area contributed by atoms with Crippen molar-refractivity contribution in [3.05, 3.63) is 34.0 Å². The molecule has 6 heteroatoms. The van der Waals surface area contributed by atoms with Gasteiger partial charge in [0.1, 0.15) is 6.04 Å². The van der Waals surface area contributed by atoms with E-state index in [2.05, 4.69) is 0 Å². The Morgan fingerprint density at radius 1 is 1.33 bits per heavy atom. The predicted octanol–water partition coefficient (Wildman–Crippen LogP) is 1.42. The second-order valence-corrected chi connectivity index (χ2v) is 4.97. The van der Waals surface area contributed by atoms with Gasteiger partial charge >= 0.3 is 5.97 Å². The zero-order valence-electron chi connectivity index (χ0n) is 9.62. The Kier molecular flexibility index (Phi) is 3.29. The maximum atomic E-state index is 12.1. The molecule has 2 rings (SSSR count). The molecule has 0 bridgehead atoms. The van der Waals surface area contributed by atoms with Gasteiger partial charge in [-0.25, -0.2) is 4.79 Å². The minimum absolute atomic E-state index is 0.103. The fourth-order valence-corrected chi connectivity index (χ4v) is 2.59. The minimum Gasteiger partial charge on any atom is -0.479 e. The number of carboxylic acids is 1. The van der Waals surface area contributed by atoms with Crippen LogP contribution in [0, 0.1) is 0 Å². The maximum absolute atomic E-state index is 12.1. The molecule has 5 nitrogen and oxygen atoms in total. The highest BCUT2D eigenvalue weighted by Gasteiger charge is 2.31. The van der Waals surface area contributed by atoms with E-state index in [-0.39, 0.29) is 18.2 Å². The van der Waals surface area contributed by atoms with Crippen molar-refractivity contribution in [2.45, 2.75) is 13.0 Å². The second kappa shape index (κ2) is 4.73. The normalized spacial score (nSPS) is 18.1. The van der Waals surface area contributed by atoms with Gasteiger partial charge in [-0.2, -0.15) is 0 Å². The molecule has 0 aromatic carbocycles. The van der Waals surface area contributed by atoms with E-state index >= 15 is 0 Å². The first-order valence-corrected chi connectivity index (χ1v) is 6.13. The van der Waals surface area contributed by atoms with E-state index in [1.807, 2.05) is 0 Å². The molecule has 2 heterocycles. The van der Waals surface area contributed by atoms with Crippen LogP contribution in [0.5, 0.6) is 0 Å². The van der Waals surface area contributed by atoms with Gasteiger partial charge in [0.15, 0.2) is 5.78 Å². The lowest BCUT2D eigenvalue weighted by Gasteiger charge is -2.20. The second-order valence-electron chi connectivity index (χ2n) is 3.89. The smallest absolute Gasteiger partial charge is 0.330 e. The molecular weight excluding hydrogens is 254 g/mol. The fraction of sp³-hybridized carbons (Fsp3) is 0.250. The largest absolute Gasteiger partial charge is 0.479 e. The molecule has 1 aromatic heterocycles. The summed E-state index contributed by atoms with van der Waals surface area (Å²) >= 11 is 1.09. The summed E-state index contributed by atoms with van der Waals surface area (Å²) in [5, 5.41) is 8.98. The van der Waals surface area contributed by atoms with Gasteiger partial charge in [-0.1, -0.05) is 12.2 Å².